The number of nitrogens with zero attached hydrogens (tertiary/aromatic N) is 3. The molecule has 0 bridgehead atoms. The third kappa shape index (κ3) is 3.33. The molecule has 0 spiro atoms. The Morgan fingerprint density at radius 1 is 1.42 bits per heavy atom. The lowest BCUT2D eigenvalue weighted by Gasteiger charge is -2.39. The summed E-state index contributed by atoms with van der Waals surface area (Å²) >= 11 is 5.81. The minimum Gasteiger partial charge on any atom is -0.302 e. The van der Waals surface area contributed by atoms with Crippen molar-refractivity contribution >= 4 is 23.1 Å². The zero-order valence-electron chi connectivity index (χ0n) is 11.0. The molecule has 2 atom stereocenters. The minimum atomic E-state index is -0.470. The van der Waals surface area contributed by atoms with Crippen LogP contribution in [0.5, 0.6) is 0 Å². The Morgan fingerprint density at radius 2 is 2.05 bits per heavy atom. The van der Waals surface area contributed by atoms with E-state index in [1.807, 2.05) is 0 Å². The van der Waals surface area contributed by atoms with Crippen molar-refractivity contribution in [3.8, 4) is 0 Å². The number of piperidine rings is 1. The number of nitrogens with one attached hydrogen (secondary N) is 1. The fraction of sp³-hybridized carbons (Fsp3) is 0.583. The van der Waals surface area contributed by atoms with E-state index in [1.54, 1.807) is 0 Å². The van der Waals surface area contributed by atoms with Gasteiger partial charge in [-0.05, 0) is 26.7 Å². The summed E-state index contributed by atoms with van der Waals surface area (Å²) in [5, 5.41) is 13.0. The molecule has 1 saturated heterocycles. The largest absolute Gasteiger partial charge is 0.302 e. The molecule has 1 N–H and O–H groups in total. The normalized spacial score (nSPS) is 24.2. The first-order valence-corrected chi connectivity index (χ1v) is 6.72. The van der Waals surface area contributed by atoms with Gasteiger partial charge in [0.05, 0.1) is 17.1 Å². The maximum atomic E-state index is 10.8. The van der Waals surface area contributed by atoms with Crippen LogP contribution in [0.25, 0.3) is 0 Å². The van der Waals surface area contributed by atoms with Crippen molar-refractivity contribution in [2.75, 3.05) is 5.43 Å². The van der Waals surface area contributed by atoms with E-state index in [4.69, 9.17) is 11.6 Å². The van der Waals surface area contributed by atoms with E-state index in [-0.39, 0.29) is 10.8 Å². The van der Waals surface area contributed by atoms with Crippen LogP contribution in [0.15, 0.2) is 12.1 Å². The van der Waals surface area contributed by atoms with Crippen molar-refractivity contribution in [3.05, 3.63) is 27.4 Å². The van der Waals surface area contributed by atoms with E-state index < -0.39 is 4.92 Å². The van der Waals surface area contributed by atoms with Crippen LogP contribution in [0.1, 0.15) is 33.1 Å². The summed E-state index contributed by atoms with van der Waals surface area (Å²) in [6, 6.07) is 3.38. The number of halogens is 1. The van der Waals surface area contributed by atoms with Crippen molar-refractivity contribution in [3.63, 3.8) is 0 Å². The Balaban J connectivity index is 2.20. The molecule has 2 rings (SSSR count). The van der Waals surface area contributed by atoms with E-state index in [9.17, 15) is 10.1 Å². The van der Waals surface area contributed by atoms with Gasteiger partial charge < -0.3 is 5.43 Å². The topological polar surface area (TPSA) is 71.3 Å². The molecule has 0 amide bonds. The number of rotatable bonds is 3. The Kier molecular flexibility index (Phi) is 4.21. The van der Waals surface area contributed by atoms with Gasteiger partial charge in [0.15, 0.2) is 0 Å². The average Bonchev–Trinajstić information content (AvgIpc) is 2.33. The van der Waals surface area contributed by atoms with Crippen LogP contribution in [0, 0.1) is 10.1 Å². The lowest BCUT2D eigenvalue weighted by molar-refractivity contribution is -0.384. The third-order valence-corrected chi connectivity index (χ3v) is 3.62. The van der Waals surface area contributed by atoms with Gasteiger partial charge in [-0.3, -0.25) is 10.1 Å². The number of nitro groups is 1. The maximum absolute atomic E-state index is 10.8. The van der Waals surface area contributed by atoms with Gasteiger partial charge in [-0.1, -0.05) is 18.0 Å². The first-order chi connectivity index (χ1) is 8.97. The predicted molar refractivity (Wildman–Crippen MR) is 74.1 cm³/mol. The second kappa shape index (κ2) is 5.71. The highest BCUT2D eigenvalue weighted by atomic mass is 35.5. The second-order valence-corrected chi connectivity index (χ2v) is 5.33. The van der Waals surface area contributed by atoms with Gasteiger partial charge in [-0.2, -0.15) is 0 Å². The maximum Gasteiger partial charge on any atom is 0.276 e. The summed E-state index contributed by atoms with van der Waals surface area (Å²) in [6.07, 6.45) is 3.39. The Hall–Kier alpha value is -1.40. The molecule has 2 heterocycles. The van der Waals surface area contributed by atoms with Crippen LogP contribution in [0.4, 0.5) is 11.5 Å². The predicted octanol–water partition coefficient (Wildman–Crippen LogP) is 3.23. The van der Waals surface area contributed by atoms with Crippen molar-refractivity contribution in [1.82, 2.24) is 9.99 Å². The quantitative estimate of drug-likeness (QED) is 0.524. The van der Waals surface area contributed by atoms with E-state index in [0.717, 1.165) is 12.8 Å². The molecule has 6 nitrogen and oxygen atoms in total. The fourth-order valence-electron chi connectivity index (χ4n) is 2.42. The van der Waals surface area contributed by atoms with Gasteiger partial charge in [0.2, 0.25) is 0 Å². The van der Waals surface area contributed by atoms with Gasteiger partial charge in [-0.25, -0.2) is 9.99 Å². The zero-order valence-corrected chi connectivity index (χ0v) is 11.7. The minimum absolute atomic E-state index is 0.0557. The molecular weight excluding hydrogens is 268 g/mol. The first-order valence-electron chi connectivity index (χ1n) is 6.34. The number of pyridine rings is 1. The molecule has 7 heteroatoms. The van der Waals surface area contributed by atoms with E-state index >= 15 is 0 Å². The summed E-state index contributed by atoms with van der Waals surface area (Å²) in [4.78, 5) is 14.4. The van der Waals surface area contributed by atoms with Crippen molar-refractivity contribution in [1.29, 1.82) is 0 Å². The van der Waals surface area contributed by atoms with E-state index in [2.05, 4.69) is 29.3 Å². The summed E-state index contributed by atoms with van der Waals surface area (Å²) in [7, 11) is 0. The number of hydrogen-bond acceptors (Lipinski definition) is 5. The number of hydrazine groups is 1. The molecule has 104 valence electrons. The highest BCUT2D eigenvalue weighted by Gasteiger charge is 2.25. The molecule has 1 aromatic heterocycles. The summed E-state index contributed by atoms with van der Waals surface area (Å²) in [5.74, 6) is 0.416. The molecule has 1 aliphatic rings. The number of anilines is 1. The molecule has 1 aliphatic heterocycles. The number of aromatic nitrogens is 1. The summed E-state index contributed by atoms with van der Waals surface area (Å²) in [5.41, 5.74) is 3.09. The Bertz CT molecular complexity index is 473. The Morgan fingerprint density at radius 3 is 2.63 bits per heavy atom. The van der Waals surface area contributed by atoms with Gasteiger partial charge in [0.1, 0.15) is 11.0 Å². The highest BCUT2D eigenvalue weighted by Crippen LogP contribution is 2.25. The standard InChI is InChI=1S/C12H17ClN4O2/c1-8-4-3-5-9(2)16(8)15-12-7-10(17(18)19)6-11(13)14-12/h6-9H,3-5H2,1-2H3,(H,14,15). The average molecular weight is 285 g/mol. The fourth-order valence-corrected chi connectivity index (χ4v) is 2.62. The summed E-state index contributed by atoms with van der Waals surface area (Å²) in [6.45, 7) is 4.25. The third-order valence-electron chi connectivity index (χ3n) is 3.43. The first kappa shape index (κ1) is 14.0. The molecule has 2 unspecified atom stereocenters. The number of hydrogen-bond donors (Lipinski definition) is 1. The van der Waals surface area contributed by atoms with Crippen LogP contribution >= 0.6 is 11.6 Å². The molecule has 0 saturated carbocycles. The lowest BCUT2D eigenvalue weighted by Crippen LogP contribution is -2.47. The van der Waals surface area contributed by atoms with Crippen LogP contribution in [0.3, 0.4) is 0 Å². The van der Waals surface area contributed by atoms with Crippen LogP contribution in [-0.4, -0.2) is 27.0 Å². The van der Waals surface area contributed by atoms with E-state index in [0.29, 0.717) is 17.9 Å². The molecule has 19 heavy (non-hydrogen) atoms. The molecule has 1 fully saturated rings. The van der Waals surface area contributed by atoms with Gasteiger partial charge >= 0.3 is 0 Å². The van der Waals surface area contributed by atoms with Gasteiger partial charge in [0, 0.05) is 12.1 Å². The van der Waals surface area contributed by atoms with Crippen molar-refractivity contribution in [2.24, 2.45) is 0 Å². The van der Waals surface area contributed by atoms with Crippen LogP contribution in [-0.2, 0) is 0 Å². The van der Waals surface area contributed by atoms with Crippen molar-refractivity contribution < 1.29 is 4.92 Å². The molecule has 0 aromatic carbocycles. The van der Waals surface area contributed by atoms with E-state index in [1.165, 1.54) is 18.6 Å². The monoisotopic (exact) mass is 284 g/mol. The molecule has 0 aliphatic carbocycles. The Labute approximate surface area is 116 Å². The second-order valence-electron chi connectivity index (χ2n) is 4.94. The lowest BCUT2D eigenvalue weighted by atomic mass is 10.00. The van der Waals surface area contributed by atoms with Gasteiger partial charge in [-0.15, -0.1) is 0 Å². The highest BCUT2D eigenvalue weighted by molar-refractivity contribution is 6.29. The van der Waals surface area contributed by atoms with Gasteiger partial charge in [0.25, 0.3) is 5.69 Å². The molecular formula is C12H17ClN4O2. The van der Waals surface area contributed by atoms with Crippen LogP contribution < -0.4 is 5.43 Å². The van der Waals surface area contributed by atoms with Crippen LogP contribution in [0.2, 0.25) is 5.15 Å². The SMILES string of the molecule is CC1CCCC(C)N1Nc1cc([N+](=O)[O-])cc(Cl)n1. The summed E-state index contributed by atoms with van der Waals surface area (Å²) < 4.78 is 0. The zero-order chi connectivity index (χ0) is 14.0. The molecule has 1 aromatic rings. The van der Waals surface area contributed by atoms with Crippen molar-refractivity contribution in [2.45, 2.75) is 45.2 Å². The smallest absolute Gasteiger partial charge is 0.276 e. The molecule has 0 radical (unpaired) electrons.